The third kappa shape index (κ3) is 8.23. The highest BCUT2D eigenvalue weighted by Gasteiger charge is 2.21. The number of hydrogen-bond acceptors (Lipinski definition) is 4. The van der Waals surface area contributed by atoms with E-state index in [0.717, 1.165) is 43.6 Å². The van der Waals surface area contributed by atoms with E-state index in [4.69, 9.17) is 9.47 Å². The summed E-state index contributed by atoms with van der Waals surface area (Å²) in [5.41, 5.74) is 1.30. The minimum absolute atomic E-state index is 0.0816. The fraction of sp³-hybridized carbons (Fsp3) is 0.538. The Kier molecular flexibility index (Phi) is 8.90. The van der Waals surface area contributed by atoms with Gasteiger partial charge in [-0.15, -0.1) is 0 Å². The molecule has 1 heterocycles. The van der Waals surface area contributed by atoms with E-state index in [0.29, 0.717) is 12.1 Å². The number of nitrogens with zero attached hydrogens (tertiary/aromatic N) is 1. The van der Waals surface area contributed by atoms with Gasteiger partial charge in [0.05, 0.1) is 5.56 Å². The third-order valence-corrected chi connectivity index (χ3v) is 5.60. The van der Waals surface area contributed by atoms with Crippen molar-refractivity contribution in [3.63, 3.8) is 0 Å². The maximum atomic E-state index is 12.1. The molecule has 0 atom stereocenters. The lowest BCUT2D eigenvalue weighted by Gasteiger charge is -2.29. The summed E-state index contributed by atoms with van der Waals surface area (Å²) in [6.45, 7) is 13.3. The number of benzene rings is 1. The SMILES string of the molecule is CCC(C)(C)Oc1ccc(CCCCNC(=O)c2cccnc2)c(OC(C)(C)CC)c1. The van der Waals surface area contributed by atoms with E-state index < -0.39 is 0 Å². The number of aromatic nitrogens is 1. The lowest BCUT2D eigenvalue weighted by atomic mass is 10.0. The van der Waals surface area contributed by atoms with Crippen LogP contribution in [0, 0.1) is 0 Å². The lowest BCUT2D eigenvalue weighted by Crippen LogP contribution is -2.28. The van der Waals surface area contributed by atoms with Gasteiger partial charge in [0.15, 0.2) is 0 Å². The van der Waals surface area contributed by atoms with Crippen LogP contribution in [0.4, 0.5) is 0 Å². The highest BCUT2D eigenvalue weighted by atomic mass is 16.5. The Hall–Kier alpha value is -2.56. The number of rotatable bonds is 12. The maximum Gasteiger partial charge on any atom is 0.252 e. The van der Waals surface area contributed by atoms with Gasteiger partial charge in [0.1, 0.15) is 22.7 Å². The van der Waals surface area contributed by atoms with E-state index >= 15 is 0 Å². The molecule has 1 amide bonds. The van der Waals surface area contributed by atoms with Crippen LogP contribution in [-0.2, 0) is 6.42 Å². The normalized spacial score (nSPS) is 11.8. The van der Waals surface area contributed by atoms with Gasteiger partial charge in [0.25, 0.3) is 5.91 Å². The first kappa shape index (κ1) is 24.7. The molecule has 2 rings (SSSR count). The molecule has 170 valence electrons. The second-order valence-corrected chi connectivity index (χ2v) is 9.15. The van der Waals surface area contributed by atoms with Crippen molar-refractivity contribution in [2.45, 2.75) is 84.8 Å². The Morgan fingerprint density at radius 3 is 2.35 bits per heavy atom. The number of carbonyl (C=O) groups excluding carboxylic acids is 1. The van der Waals surface area contributed by atoms with Crippen molar-refractivity contribution < 1.29 is 14.3 Å². The summed E-state index contributed by atoms with van der Waals surface area (Å²) in [5.74, 6) is 1.64. The predicted octanol–water partition coefficient (Wildman–Crippen LogP) is 5.97. The van der Waals surface area contributed by atoms with E-state index in [9.17, 15) is 4.79 Å². The van der Waals surface area contributed by atoms with Crippen LogP contribution in [-0.4, -0.2) is 28.6 Å². The molecular weight excluding hydrogens is 388 g/mol. The van der Waals surface area contributed by atoms with Crippen LogP contribution in [0.1, 0.15) is 83.1 Å². The second-order valence-electron chi connectivity index (χ2n) is 9.15. The Balaban J connectivity index is 1.97. The molecule has 1 aromatic heterocycles. The fourth-order valence-corrected chi connectivity index (χ4v) is 2.90. The van der Waals surface area contributed by atoms with Crippen LogP contribution in [0.25, 0.3) is 0 Å². The minimum Gasteiger partial charge on any atom is -0.488 e. The highest BCUT2D eigenvalue weighted by molar-refractivity contribution is 5.93. The highest BCUT2D eigenvalue weighted by Crippen LogP contribution is 2.32. The Bertz CT molecular complexity index is 832. The summed E-state index contributed by atoms with van der Waals surface area (Å²) in [6.07, 6.45) is 7.82. The van der Waals surface area contributed by atoms with Gasteiger partial charge >= 0.3 is 0 Å². The molecule has 0 saturated heterocycles. The minimum atomic E-state index is -0.245. The number of nitrogens with one attached hydrogen (secondary N) is 1. The predicted molar refractivity (Wildman–Crippen MR) is 126 cm³/mol. The number of hydrogen-bond donors (Lipinski definition) is 1. The standard InChI is InChI=1S/C26H38N2O3/c1-7-25(3,4)30-22-15-14-20(23(18-22)31-26(5,6)8-2)12-9-10-17-28-24(29)21-13-11-16-27-19-21/h11,13-16,18-19H,7-10,12,17H2,1-6H3,(H,28,29). The summed E-state index contributed by atoms with van der Waals surface area (Å²) < 4.78 is 12.5. The maximum absolute atomic E-state index is 12.1. The molecule has 5 heteroatoms. The van der Waals surface area contributed by atoms with E-state index in [2.05, 4.69) is 57.9 Å². The van der Waals surface area contributed by atoms with Gasteiger partial charge < -0.3 is 14.8 Å². The van der Waals surface area contributed by atoms with E-state index in [1.54, 1.807) is 24.5 Å². The van der Waals surface area contributed by atoms with Crippen molar-refractivity contribution >= 4 is 5.91 Å². The van der Waals surface area contributed by atoms with Crippen LogP contribution in [0.2, 0.25) is 0 Å². The molecule has 0 aliphatic rings. The molecule has 0 aliphatic heterocycles. The molecule has 0 aliphatic carbocycles. The van der Waals surface area contributed by atoms with Gasteiger partial charge in [-0.1, -0.05) is 19.9 Å². The number of carbonyl (C=O) groups is 1. The average molecular weight is 427 g/mol. The van der Waals surface area contributed by atoms with Gasteiger partial charge in [-0.2, -0.15) is 0 Å². The van der Waals surface area contributed by atoms with Crippen LogP contribution in [0.5, 0.6) is 11.5 Å². The van der Waals surface area contributed by atoms with Crippen molar-refractivity contribution in [3.05, 3.63) is 53.9 Å². The Morgan fingerprint density at radius 1 is 1.00 bits per heavy atom. The van der Waals surface area contributed by atoms with Crippen LogP contribution in [0.15, 0.2) is 42.7 Å². The first-order valence-electron chi connectivity index (χ1n) is 11.3. The lowest BCUT2D eigenvalue weighted by molar-refractivity contribution is 0.0941. The van der Waals surface area contributed by atoms with E-state index in [-0.39, 0.29) is 17.1 Å². The zero-order valence-electron chi connectivity index (χ0n) is 20.0. The van der Waals surface area contributed by atoms with Crippen molar-refractivity contribution in [2.75, 3.05) is 6.54 Å². The van der Waals surface area contributed by atoms with Gasteiger partial charge in [0.2, 0.25) is 0 Å². The fourth-order valence-electron chi connectivity index (χ4n) is 2.90. The largest absolute Gasteiger partial charge is 0.488 e. The van der Waals surface area contributed by atoms with Crippen molar-refractivity contribution in [1.29, 1.82) is 0 Å². The molecule has 0 fully saturated rings. The molecule has 0 bridgehead atoms. The summed E-state index contributed by atoms with van der Waals surface area (Å²) in [5, 5.41) is 2.96. The molecule has 0 spiro atoms. The van der Waals surface area contributed by atoms with Gasteiger partial charge in [-0.25, -0.2) is 0 Å². The molecule has 5 nitrogen and oxygen atoms in total. The Morgan fingerprint density at radius 2 is 1.71 bits per heavy atom. The molecule has 0 unspecified atom stereocenters. The average Bonchev–Trinajstić information content (AvgIpc) is 2.75. The number of pyridine rings is 1. The number of amides is 1. The molecular formula is C26H38N2O3. The Labute approximate surface area is 187 Å². The van der Waals surface area contributed by atoms with Gasteiger partial charge in [-0.05, 0) is 83.6 Å². The monoisotopic (exact) mass is 426 g/mol. The first-order valence-corrected chi connectivity index (χ1v) is 11.3. The number of aryl methyl sites for hydroxylation is 1. The molecule has 0 radical (unpaired) electrons. The number of ether oxygens (including phenoxy) is 2. The van der Waals surface area contributed by atoms with Gasteiger partial charge in [0, 0.05) is 25.0 Å². The van der Waals surface area contributed by atoms with Crippen LogP contribution < -0.4 is 14.8 Å². The summed E-state index contributed by atoms with van der Waals surface area (Å²) >= 11 is 0. The molecule has 2 aromatic rings. The quantitative estimate of drug-likeness (QED) is 0.425. The van der Waals surface area contributed by atoms with Crippen LogP contribution >= 0.6 is 0 Å². The third-order valence-electron chi connectivity index (χ3n) is 5.60. The summed E-state index contributed by atoms with van der Waals surface area (Å²) in [7, 11) is 0. The zero-order chi connectivity index (χ0) is 22.9. The molecule has 1 aromatic carbocycles. The van der Waals surface area contributed by atoms with Crippen LogP contribution in [0.3, 0.4) is 0 Å². The smallest absolute Gasteiger partial charge is 0.252 e. The van der Waals surface area contributed by atoms with Gasteiger partial charge in [-0.3, -0.25) is 9.78 Å². The second kappa shape index (κ2) is 11.2. The van der Waals surface area contributed by atoms with Crippen molar-refractivity contribution in [1.82, 2.24) is 10.3 Å². The summed E-state index contributed by atoms with van der Waals surface area (Å²) in [6, 6.07) is 9.70. The zero-order valence-corrected chi connectivity index (χ0v) is 20.0. The molecule has 0 saturated carbocycles. The first-order chi connectivity index (χ1) is 14.7. The van der Waals surface area contributed by atoms with E-state index in [1.807, 2.05) is 12.1 Å². The van der Waals surface area contributed by atoms with Crippen molar-refractivity contribution in [3.8, 4) is 11.5 Å². The van der Waals surface area contributed by atoms with Crippen molar-refractivity contribution in [2.24, 2.45) is 0 Å². The van der Waals surface area contributed by atoms with E-state index in [1.165, 1.54) is 5.56 Å². The molecule has 31 heavy (non-hydrogen) atoms. The number of unbranched alkanes of at least 4 members (excludes halogenated alkanes) is 1. The summed E-state index contributed by atoms with van der Waals surface area (Å²) in [4.78, 5) is 16.1. The topological polar surface area (TPSA) is 60.5 Å². The molecule has 1 N–H and O–H groups in total.